The number of nitrogens with one attached hydrogen (secondary N) is 1. The molecule has 1 aromatic heterocycles. The van der Waals surface area contributed by atoms with Crippen LogP contribution >= 0.6 is 11.8 Å². The van der Waals surface area contributed by atoms with Crippen molar-refractivity contribution in [3.63, 3.8) is 0 Å². The first-order chi connectivity index (χ1) is 17.5. The van der Waals surface area contributed by atoms with E-state index in [1.54, 1.807) is 18.5 Å². The molecule has 2 aliphatic heterocycles. The molecule has 1 N–H and O–H groups in total. The number of hydrogen-bond acceptors (Lipinski definition) is 7. The van der Waals surface area contributed by atoms with Crippen LogP contribution in [0.5, 0.6) is 11.5 Å². The number of hydrazone groups is 1. The molecule has 1 amide bonds. The lowest BCUT2D eigenvalue weighted by molar-refractivity contribution is -0.114. The Morgan fingerprint density at radius 2 is 1.86 bits per heavy atom. The van der Waals surface area contributed by atoms with Gasteiger partial charge in [0.2, 0.25) is 5.17 Å². The Hall–Kier alpha value is -4.24. The topological polar surface area (TPSA) is 100 Å². The molecule has 3 aromatic rings. The zero-order valence-corrected chi connectivity index (χ0v) is 20.6. The highest BCUT2D eigenvalue weighted by atomic mass is 32.2. The number of carbonyl (C=O) groups is 1. The van der Waals surface area contributed by atoms with Crippen LogP contribution in [0.4, 0.5) is 0 Å². The maximum atomic E-state index is 12.7. The number of fused-ring (bicyclic) bond motifs is 1. The number of hydrogen-bond donors (Lipinski definition) is 1. The van der Waals surface area contributed by atoms with Crippen LogP contribution in [0, 0.1) is 19.3 Å². The van der Waals surface area contributed by atoms with Crippen LogP contribution in [0.2, 0.25) is 0 Å². The molecule has 9 heteroatoms. The molecule has 0 radical (unpaired) electrons. The van der Waals surface area contributed by atoms with E-state index in [2.05, 4.69) is 21.1 Å². The van der Waals surface area contributed by atoms with Gasteiger partial charge in [0.05, 0.1) is 5.57 Å². The highest BCUT2D eigenvalue weighted by Crippen LogP contribution is 2.30. The summed E-state index contributed by atoms with van der Waals surface area (Å²) in [4.78, 5) is 20.9. The lowest BCUT2D eigenvalue weighted by Crippen LogP contribution is -2.35. The summed E-state index contributed by atoms with van der Waals surface area (Å²) >= 11 is 1.25. The fourth-order valence-corrected chi connectivity index (χ4v) is 4.48. The Bertz CT molecular complexity index is 1420. The lowest BCUT2D eigenvalue weighted by Gasteiger charge is -2.20. The highest BCUT2D eigenvalue weighted by molar-refractivity contribution is 8.27. The van der Waals surface area contributed by atoms with Crippen molar-refractivity contribution in [2.45, 2.75) is 13.8 Å². The van der Waals surface area contributed by atoms with Crippen molar-refractivity contribution < 1.29 is 14.3 Å². The van der Waals surface area contributed by atoms with E-state index in [0.29, 0.717) is 29.2 Å². The van der Waals surface area contributed by atoms with E-state index in [4.69, 9.17) is 14.9 Å². The Kier molecular flexibility index (Phi) is 6.64. The van der Waals surface area contributed by atoms with Gasteiger partial charge in [0.1, 0.15) is 29.8 Å². The summed E-state index contributed by atoms with van der Waals surface area (Å²) in [5.41, 5.74) is 3.97. The summed E-state index contributed by atoms with van der Waals surface area (Å²) in [6, 6.07) is 17.1. The quantitative estimate of drug-likeness (QED) is 0.371. The molecule has 0 saturated heterocycles. The van der Waals surface area contributed by atoms with Gasteiger partial charge in [-0.25, -0.2) is 0 Å². The zero-order valence-electron chi connectivity index (χ0n) is 19.8. The van der Waals surface area contributed by atoms with Gasteiger partial charge in [-0.1, -0.05) is 24.3 Å². The number of aliphatic imine (C=N–C) groups is 1. The van der Waals surface area contributed by atoms with Crippen LogP contribution in [0.25, 0.3) is 6.08 Å². The number of thioether (sulfide) groups is 1. The average molecular weight is 498 g/mol. The van der Waals surface area contributed by atoms with Crippen molar-refractivity contribution in [1.82, 2.24) is 9.99 Å². The van der Waals surface area contributed by atoms with Crippen molar-refractivity contribution in [2.24, 2.45) is 10.1 Å². The Balaban J connectivity index is 1.22. The molecule has 36 heavy (non-hydrogen) atoms. The molecule has 0 aliphatic carbocycles. The predicted molar refractivity (Wildman–Crippen MR) is 142 cm³/mol. The third-order valence-electron chi connectivity index (χ3n) is 5.51. The number of benzene rings is 2. The van der Waals surface area contributed by atoms with Crippen LogP contribution in [-0.4, -0.2) is 45.2 Å². The first-order valence-corrected chi connectivity index (χ1v) is 12.1. The van der Waals surface area contributed by atoms with Crippen LogP contribution in [0.1, 0.15) is 22.3 Å². The second kappa shape index (κ2) is 10.2. The molecule has 8 nitrogen and oxygen atoms in total. The molecule has 0 unspecified atom stereocenters. The second-order valence-electron chi connectivity index (χ2n) is 8.20. The second-order valence-corrected chi connectivity index (χ2v) is 9.16. The maximum absolute atomic E-state index is 12.7. The van der Waals surface area contributed by atoms with Crippen molar-refractivity contribution >= 4 is 39.8 Å². The third kappa shape index (κ3) is 5.06. The van der Waals surface area contributed by atoms with Gasteiger partial charge < -0.3 is 9.47 Å². The van der Waals surface area contributed by atoms with Gasteiger partial charge in [-0.15, -0.1) is 0 Å². The predicted octanol–water partition coefficient (Wildman–Crippen LogP) is 4.82. The van der Waals surface area contributed by atoms with Crippen LogP contribution in [0.15, 0.2) is 82.7 Å². The summed E-state index contributed by atoms with van der Waals surface area (Å²) in [6.07, 6.45) is 5.00. The normalized spacial score (nSPS) is 16.1. The number of pyridine rings is 1. The molecule has 3 heterocycles. The van der Waals surface area contributed by atoms with Crippen LogP contribution < -0.4 is 9.47 Å². The van der Waals surface area contributed by atoms with Gasteiger partial charge in [-0.2, -0.15) is 15.1 Å². The van der Waals surface area contributed by atoms with E-state index in [1.807, 2.05) is 62.4 Å². The molecule has 0 bridgehead atoms. The minimum Gasteiger partial charge on any atom is -0.490 e. The van der Waals surface area contributed by atoms with Crippen molar-refractivity contribution in [2.75, 3.05) is 13.2 Å². The van der Waals surface area contributed by atoms with E-state index < -0.39 is 5.91 Å². The van der Waals surface area contributed by atoms with Crippen molar-refractivity contribution in [3.05, 3.63) is 94.8 Å². The summed E-state index contributed by atoms with van der Waals surface area (Å²) < 4.78 is 11.6. The maximum Gasteiger partial charge on any atom is 0.283 e. The first kappa shape index (κ1) is 23.5. The van der Waals surface area contributed by atoms with Gasteiger partial charge in [0.15, 0.2) is 5.84 Å². The fraction of sp³-hybridized carbons (Fsp3) is 0.148. The van der Waals surface area contributed by atoms with Crippen LogP contribution in [-0.2, 0) is 4.79 Å². The van der Waals surface area contributed by atoms with Gasteiger partial charge >= 0.3 is 0 Å². The number of nitrogens with zero attached hydrogens (tertiary/aromatic N) is 4. The molecule has 0 fully saturated rings. The number of aryl methyl sites for hydroxylation is 2. The first-order valence-electron chi connectivity index (χ1n) is 11.3. The minimum atomic E-state index is -0.467. The molecular weight excluding hydrogens is 474 g/mol. The van der Waals surface area contributed by atoms with Gasteiger partial charge in [-0.05, 0) is 78.7 Å². The average Bonchev–Trinajstić information content (AvgIpc) is 3.32. The van der Waals surface area contributed by atoms with E-state index in [0.717, 1.165) is 28.0 Å². The summed E-state index contributed by atoms with van der Waals surface area (Å²) in [5, 5.41) is 15.4. The van der Waals surface area contributed by atoms with Crippen molar-refractivity contribution in [1.29, 1.82) is 5.41 Å². The largest absolute Gasteiger partial charge is 0.490 e. The summed E-state index contributed by atoms with van der Waals surface area (Å²) in [6.45, 7) is 4.88. The fourth-order valence-electron chi connectivity index (χ4n) is 3.60. The molecular formula is C27H23N5O3S. The van der Waals surface area contributed by atoms with E-state index in [-0.39, 0.29) is 11.4 Å². The van der Waals surface area contributed by atoms with Gasteiger partial charge in [0.25, 0.3) is 5.91 Å². The number of ether oxygens (including phenoxy) is 2. The third-order valence-corrected chi connectivity index (χ3v) is 6.46. The minimum absolute atomic E-state index is 0.0136. The molecule has 5 rings (SSSR count). The number of amides is 1. The lowest BCUT2D eigenvalue weighted by atomic mass is 10.1. The zero-order chi connectivity index (χ0) is 25.1. The molecule has 0 saturated carbocycles. The number of rotatable bonds is 7. The number of amidine groups is 2. The number of aromatic nitrogens is 1. The molecule has 180 valence electrons. The SMILES string of the molecule is Cc1ccc(C)c(OCCOc2ccc(/C=C3/C(=N)N4N=C(c5cccnc5)SC4=NC3=O)cc2)c1. The van der Waals surface area contributed by atoms with E-state index in [9.17, 15) is 4.79 Å². The molecule has 0 spiro atoms. The summed E-state index contributed by atoms with van der Waals surface area (Å²) in [7, 11) is 0. The van der Waals surface area contributed by atoms with Crippen molar-refractivity contribution in [3.8, 4) is 11.5 Å². The summed E-state index contributed by atoms with van der Waals surface area (Å²) in [5.74, 6) is 1.07. The monoisotopic (exact) mass is 497 g/mol. The molecule has 2 aliphatic rings. The standard InChI is InChI=1S/C27H23N5O3S/c1-17-5-6-18(2)23(14-17)35-13-12-34-21-9-7-19(8-10-21)15-22-24(28)32-27(30-25(22)33)36-26(31-32)20-4-3-11-29-16-20/h3-11,14-16,28H,12-13H2,1-2H3/b22-15-,28-24?. The molecule has 0 atom stereocenters. The van der Waals surface area contributed by atoms with E-state index >= 15 is 0 Å². The number of carbonyl (C=O) groups excluding carboxylic acids is 1. The highest BCUT2D eigenvalue weighted by Gasteiger charge is 2.36. The van der Waals surface area contributed by atoms with Gasteiger partial charge in [0, 0.05) is 18.0 Å². The Morgan fingerprint density at radius 3 is 2.64 bits per heavy atom. The molecule has 2 aromatic carbocycles. The Morgan fingerprint density at radius 1 is 1.06 bits per heavy atom. The van der Waals surface area contributed by atoms with E-state index in [1.165, 1.54) is 16.8 Å². The van der Waals surface area contributed by atoms with Crippen LogP contribution in [0.3, 0.4) is 0 Å². The Labute approximate surface area is 212 Å². The smallest absolute Gasteiger partial charge is 0.283 e. The van der Waals surface area contributed by atoms with Gasteiger partial charge in [-0.3, -0.25) is 15.2 Å².